The van der Waals surface area contributed by atoms with E-state index in [1.165, 1.54) is 0 Å². The zero-order chi connectivity index (χ0) is 16.3. The molecular weight excluding hydrogens is 322 g/mol. The Balaban J connectivity index is 2.39. The largest absolute Gasteiger partial charge is 0.319 e. The van der Waals surface area contributed by atoms with Crippen molar-refractivity contribution in [3.05, 3.63) is 40.4 Å². The van der Waals surface area contributed by atoms with E-state index in [0.29, 0.717) is 12.2 Å². The van der Waals surface area contributed by atoms with Crippen molar-refractivity contribution in [1.29, 1.82) is 0 Å². The Morgan fingerprint density at radius 3 is 2.59 bits per heavy atom. The van der Waals surface area contributed by atoms with Crippen LogP contribution in [0.1, 0.15) is 36.8 Å². The van der Waals surface area contributed by atoms with Crippen molar-refractivity contribution in [2.45, 2.75) is 51.1 Å². The highest BCUT2D eigenvalue weighted by Crippen LogP contribution is 2.20. The SMILES string of the molecule is CCCCn1c(S(=O)(=O)Cc2cccc(Cl)n2)nc(C)c1C. The van der Waals surface area contributed by atoms with Crippen molar-refractivity contribution in [1.82, 2.24) is 14.5 Å². The van der Waals surface area contributed by atoms with Gasteiger partial charge in [0, 0.05) is 12.2 Å². The molecule has 0 fully saturated rings. The molecule has 7 heteroatoms. The minimum Gasteiger partial charge on any atom is -0.319 e. The van der Waals surface area contributed by atoms with Crippen molar-refractivity contribution in [3.8, 4) is 0 Å². The van der Waals surface area contributed by atoms with Gasteiger partial charge in [0.05, 0.1) is 11.4 Å². The van der Waals surface area contributed by atoms with E-state index in [4.69, 9.17) is 11.6 Å². The molecule has 0 saturated carbocycles. The van der Waals surface area contributed by atoms with Gasteiger partial charge in [-0.3, -0.25) is 0 Å². The molecule has 120 valence electrons. The number of imidazole rings is 1. The Kier molecular flexibility index (Phi) is 5.24. The van der Waals surface area contributed by atoms with Crippen LogP contribution in [0.25, 0.3) is 0 Å². The second-order valence-electron chi connectivity index (χ2n) is 5.28. The summed E-state index contributed by atoms with van der Waals surface area (Å²) < 4.78 is 27.2. The van der Waals surface area contributed by atoms with Gasteiger partial charge in [0.25, 0.3) is 0 Å². The lowest BCUT2D eigenvalue weighted by atomic mass is 10.3. The molecule has 0 unspecified atom stereocenters. The maximum Gasteiger partial charge on any atom is 0.228 e. The number of pyridine rings is 1. The molecule has 2 aromatic heterocycles. The first kappa shape index (κ1) is 17.0. The zero-order valence-corrected chi connectivity index (χ0v) is 14.6. The Morgan fingerprint density at radius 2 is 1.95 bits per heavy atom. The van der Waals surface area contributed by atoms with Gasteiger partial charge in [0.1, 0.15) is 10.9 Å². The highest BCUT2D eigenvalue weighted by molar-refractivity contribution is 7.90. The molecule has 0 saturated heterocycles. The molecule has 0 spiro atoms. The number of unbranched alkanes of at least 4 members (excludes halogenated alkanes) is 1. The van der Waals surface area contributed by atoms with Crippen LogP contribution < -0.4 is 0 Å². The molecule has 22 heavy (non-hydrogen) atoms. The van der Waals surface area contributed by atoms with Gasteiger partial charge in [-0.2, -0.15) is 0 Å². The average molecular weight is 342 g/mol. The third-order valence-electron chi connectivity index (χ3n) is 3.55. The summed E-state index contributed by atoms with van der Waals surface area (Å²) in [7, 11) is -3.56. The normalized spacial score (nSPS) is 11.8. The maximum absolute atomic E-state index is 12.7. The molecule has 0 N–H and O–H groups in total. The van der Waals surface area contributed by atoms with Crippen LogP contribution in [-0.2, 0) is 22.1 Å². The third kappa shape index (κ3) is 3.67. The molecule has 2 rings (SSSR count). The molecule has 0 aromatic carbocycles. The maximum atomic E-state index is 12.7. The van der Waals surface area contributed by atoms with E-state index in [0.717, 1.165) is 24.2 Å². The Labute approximate surface area is 136 Å². The predicted molar refractivity (Wildman–Crippen MR) is 86.7 cm³/mol. The average Bonchev–Trinajstić information content (AvgIpc) is 2.73. The summed E-state index contributed by atoms with van der Waals surface area (Å²) in [5, 5.41) is 0.409. The fourth-order valence-corrected chi connectivity index (χ4v) is 3.93. The fraction of sp³-hybridized carbons (Fsp3) is 0.467. The number of aromatic nitrogens is 3. The molecule has 0 aliphatic heterocycles. The van der Waals surface area contributed by atoms with Crippen molar-refractivity contribution in [2.24, 2.45) is 0 Å². The van der Waals surface area contributed by atoms with Gasteiger partial charge in [-0.1, -0.05) is 31.0 Å². The Morgan fingerprint density at radius 1 is 1.23 bits per heavy atom. The standard InChI is InChI=1S/C15H20ClN3O2S/c1-4-5-9-19-12(3)11(2)17-15(19)22(20,21)10-13-7-6-8-14(16)18-13/h6-8H,4-5,9-10H2,1-3H3. The van der Waals surface area contributed by atoms with Crippen LogP contribution in [0, 0.1) is 13.8 Å². The van der Waals surface area contributed by atoms with Crippen LogP contribution in [0.15, 0.2) is 23.4 Å². The molecule has 0 aliphatic carbocycles. The topological polar surface area (TPSA) is 64.8 Å². The third-order valence-corrected chi connectivity index (χ3v) is 5.30. The lowest BCUT2D eigenvalue weighted by Gasteiger charge is -2.10. The first-order valence-corrected chi connectivity index (χ1v) is 9.26. The Bertz CT molecular complexity index is 769. The van der Waals surface area contributed by atoms with Crippen molar-refractivity contribution >= 4 is 21.4 Å². The van der Waals surface area contributed by atoms with E-state index < -0.39 is 9.84 Å². The second-order valence-corrected chi connectivity index (χ2v) is 7.55. The van der Waals surface area contributed by atoms with E-state index in [9.17, 15) is 8.42 Å². The number of hydrogen-bond acceptors (Lipinski definition) is 4. The van der Waals surface area contributed by atoms with Crippen LogP contribution in [0.5, 0.6) is 0 Å². The molecule has 2 heterocycles. The van der Waals surface area contributed by atoms with Crippen LogP contribution in [0.3, 0.4) is 0 Å². The monoisotopic (exact) mass is 341 g/mol. The summed E-state index contributed by atoms with van der Waals surface area (Å²) in [5.74, 6) is -0.199. The van der Waals surface area contributed by atoms with Crippen LogP contribution in [-0.4, -0.2) is 23.0 Å². The lowest BCUT2D eigenvalue weighted by molar-refractivity contribution is 0.538. The second kappa shape index (κ2) is 6.79. The predicted octanol–water partition coefficient (Wildman–Crippen LogP) is 3.32. The molecule has 0 atom stereocenters. The highest BCUT2D eigenvalue weighted by Gasteiger charge is 2.25. The van der Waals surface area contributed by atoms with Crippen molar-refractivity contribution < 1.29 is 8.42 Å². The van der Waals surface area contributed by atoms with E-state index in [2.05, 4.69) is 16.9 Å². The summed E-state index contributed by atoms with van der Waals surface area (Å²) in [6.45, 7) is 6.45. The van der Waals surface area contributed by atoms with Crippen LogP contribution >= 0.6 is 11.6 Å². The molecule has 0 bridgehead atoms. The summed E-state index contributed by atoms with van der Waals surface area (Å²) in [6, 6.07) is 4.97. The van der Waals surface area contributed by atoms with Crippen LogP contribution in [0.2, 0.25) is 5.15 Å². The first-order chi connectivity index (χ1) is 10.3. The van der Waals surface area contributed by atoms with Gasteiger partial charge in [-0.05, 0) is 32.4 Å². The van der Waals surface area contributed by atoms with Gasteiger partial charge in [-0.25, -0.2) is 18.4 Å². The van der Waals surface area contributed by atoms with Crippen molar-refractivity contribution in [2.75, 3.05) is 0 Å². The van der Waals surface area contributed by atoms with Gasteiger partial charge >= 0.3 is 0 Å². The number of aryl methyl sites for hydroxylation is 1. The van der Waals surface area contributed by atoms with E-state index >= 15 is 0 Å². The molecular formula is C15H20ClN3O2S. The lowest BCUT2D eigenvalue weighted by Crippen LogP contribution is -2.14. The zero-order valence-electron chi connectivity index (χ0n) is 13.0. The molecule has 5 nitrogen and oxygen atoms in total. The van der Waals surface area contributed by atoms with E-state index in [1.54, 1.807) is 22.8 Å². The number of rotatable bonds is 6. The van der Waals surface area contributed by atoms with E-state index in [-0.39, 0.29) is 16.1 Å². The molecule has 0 aliphatic rings. The smallest absolute Gasteiger partial charge is 0.228 e. The minimum absolute atomic E-state index is 0.123. The van der Waals surface area contributed by atoms with Gasteiger partial charge in [0.15, 0.2) is 0 Å². The number of halogens is 1. The molecule has 0 radical (unpaired) electrons. The van der Waals surface area contributed by atoms with Gasteiger partial charge < -0.3 is 4.57 Å². The minimum atomic E-state index is -3.56. The van der Waals surface area contributed by atoms with Gasteiger partial charge in [-0.15, -0.1) is 0 Å². The van der Waals surface area contributed by atoms with E-state index in [1.807, 2.05) is 13.8 Å². The number of nitrogens with zero attached hydrogens (tertiary/aromatic N) is 3. The summed E-state index contributed by atoms with van der Waals surface area (Å²) in [6.07, 6.45) is 1.90. The summed E-state index contributed by atoms with van der Waals surface area (Å²) >= 11 is 5.82. The number of sulfone groups is 1. The fourth-order valence-electron chi connectivity index (χ4n) is 2.23. The summed E-state index contributed by atoms with van der Waals surface area (Å²) in [5.41, 5.74) is 2.06. The van der Waals surface area contributed by atoms with Gasteiger partial charge in [0.2, 0.25) is 15.0 Å². The van der Waals surface area contributed by atoms with Crippen molar-refractivity contribution in [3.63, 3.8) is 0 Å². The summed E-state index contributed by atoms with van der Waals surface area (Å²) in [4.78, 5) is 8.32. The first-order valence-electron chi connectivity index (χ1n) is 7.23. The quantitative estimate of drug-likeness (QED) is 0.756. The van der Waals surface area contributed by atoms with Crippen LogP contribution in [0.4, 0.5) is 0 Å². The Hall–Kier alpha value is -1.40. The number of hydrogen-bond donors (Lipinski definition) is 0. The highest BCUT2D eigenvalue weighted by atomic mass is 35.5. The molecule has 2 aromatic rings. The molecule has 0 amide bonds.